The van der Waals surface area contributed by atoms with Gasteiger partial charge in [0.1, 0.15) is 5.75 Å². The van der Waals surface area contributed by atoms with Gasteiger partial charge in [0.2, 0.25) is 5.75 Å². The maximum Gasteiger partial charge on any atom is 0.573 e. The van der Waals surface area contributed by atoms with Crippen molar-refractivity contribution in [3.8, 4) is 23.0 Å². The summed E-state index contributed by atoms with van der Waals surface area (Å²) in [7, 11) is 6.29. The normalized spacial score (nSPS) is 11.3. The van der Waals surface area contributed by atoms with Crippen molar-refractivity contribution in [1.82, 2.24) is 10.6 Å². The molecule has 2 rings (SSSR count). The molecule has 32 heavy (non-hydrogen) atoms. The zero-order chi connectivity index (χ0) is 22.9. The topological polar surface area (TPSA) is 73.3 Å². The van der Waals surface area contributed by atoms with E-state index < -0.39 is 6.36 Å². The summed E-state index contributed by atoms with van der Waals surface area (Å²) in [6, 6.07) is 9.45. The van der Waals surface area contributed by atoms with Gasteiger partial charge in [-0.25, -0.2) is 0 Å². The van der Waals surface area contributed by atoms with Crippen LogP contribution in [0.3, 0.4) is 0 Å². The van der Waals surface area contributed by atoms with Crippen molar-refractivity contribution in [2.24, 2.45) is 4.99 Å². The number of aliphatic imine (C=N–C) groups is 1. The van der Waals surface area contributed by atoms with E-state index in [2.05, 4.69) is 20.4 Å². The van der Waals surface area contributed by atoms with Crippen molar-refractivity contribution < 1.29 is 32.1 Å². The average Bonchev–Trinajstić information content (AvgIpc) is 2.75. The number of hydrogen-bond acceptors (Lipinski definition) is 5. The third-order valence-corrected chi connectivity index (χ3v) is 4.27. The molecule has 0 saturated heterocycles. The van der Waals surface area contributed by atoms with Crippen molar-refractivity contribution in [2.75, 3.05) is 34.9 Å². The molecule has 0 bridgehead atoms. The van der Waals surface area contributed by atoms with Crippen LogP contribution in [0.2, 0.25) is 0 Å². The maximum absolute atomic E-state index is 12.2. The second-order valence-electron chi connectivity index (χ2n) is 6.33. The number of nitrogens with one attached hydrogen (secondary N) is 2. The average molecular weight is 569 g/mol. The van der Waals surface area contributed by atoms with Crippen molar-refractivity contribution in [1.29, 1.82) is 0 Å². The highest BCUT2D eigenvalue weighted by atomic mass is 127. The predicted molar refractivity (Wildman–Crippen MR) is 127 cm³/mol. The van der Waals surface area contributed by atoms with E-state index in [0.717, 1.165) is 11.1 Å². The minimum atomic E-state index is -4.70. The van der Waals surface area contributed by atoms with Crippen LogP contribution in [0.4, 0.5) is 13.2 Å². The molecule has 0 amide bonds. The first-order valence-electron chi connectivity index (χ1n) is 9.37. The summed E-state index contributed by atoms with van der Waals surface area (Å²) in [6.45, 7) is 0.994. The molecule has 0 saturated carbocycles. The lowest BCUT2D eigenvalue weighted by Gasteiger charge is -2.16. The molecule has 0 radical (unpaired) electrons. The number of halogens is 4. The Labute approximate surface area is 202 Å². The molecule has 0 unspecified atom stereocenters. The van der Waals surface area contributed by atoms with Crippen LogP contribution >= 0.6 is 24.0 Å². The number of alkyl halides is 3. The van der Waals surface area contributed by atoms with Gasteiger partial charge >= 0.3 is 6.36 Å². The minimum Gasteiger partial charge on any atom is -0.493 e. The molecular formula is C21H27F3IN3O4. The predicted octanol–water partition coefficient (Wildman–Crippen LogP) is 4.14. The van der Waals surface area contributed by atoms with Gasteiger partial charge in [-0.15, -0.1) is 37.1 Å². The second kappa shape index (κ2) is 13.1. The first-order chi connectivity index (χ1) is 14.8. The van der Waals surface area contributed by atoms with E-state index in [0.29, 0.717) is 42.7 Å². The largest absolute Gasteiger partial charge is 0.573 e. The molecule has 178 valence electrons. The molecule has 0 heterocycles. The molecule has 2 N–H and O–H groups in total. The summed E-state index contributed by atoms with van der Waals surface area (Å²) in [5.41, 5.74) is 1.76. The van der Waals surface area contributed by atoms with Gasteiger partial charge in [-0.1, -0.05) is 12.1 Å². The van der Waals surface area contributed by atoms with Crippen molar-refractivity contribution in [2.45, 2.75) is 19.3 Å². The van der Waals surface area contributed by atoms with E-state index in [-0.39, 0.29) is 29.7 Å². The van der Waals surface area contributed by atoms with Crippen LogP contribution in [0.25, 0.3) is 0 Å². The number of ether oxygens (including phenoxy) is 4. The smallest absolute Gasteiger partial charge is 0.493 e. The Hall–Kier alpha value is -2.57. The zero-order valence-electron chi connectivity index (χ0n) is 18.2. The number of hydrogen-bond donors (Lipinski definition) is 2. The fourth-order valence-corrected chi connectivity index (χ4v) is 2.83. The summed E-state index contributed by atoms with van der Waals surface area (Å²) in [6.07, 6.45) is -4.10. The molecule has 0 aliphatic rings. The molecule has 0 aromatic heterocycles. The highest BCUT2D eigenvalue weighted by molar-refractivity contribution is 14.0. The molecule has 0 fully saturated rings. The standard InChI is InChI=1S/C21H26F3N3O4.HI/c1-25-20(26-10-9-14-5-7-16(8-6-14)31-21(22,23)24)27-13-15-11-17(28-2)19(30-4)18(12-15)29-3;/h5-8,11-12H,9-10,13H2,1-4H3,(H2,25,26,27);1H. The molecule has 0 atom stereocenters. The Balaban J connectivity index is 0.00000512. The van der Waals surface area contributed by atoms with Gasteiger partial charge in [-0.2, -0.15) is 0 Å². The SMILES string of the molecule is CN=C(NCCc1ccc(OC(F)(F)F)cc1)NCc1cc(OC)c(OC)c(OC)c1.I. The first-order valence-corrected chi connectivity index (χ1v) is 9.37. The Morgan fingerprint density at radius 3 is 1.97 bits per heavy atom. The highest BCUT2D eigenvalue weighted by Crippen LogP contribution is 2.38. The van der Waals surface area contributed by atoms with E-state index in [9.17, 15) is 13.2 Å². The van der Waals surface area contributed by atoms with Crippen LogP contribution in [-0.2, 0) is 13.0 Å². The zero-order valence-corrected chi connectivity index (χ0v) is 20.5. The van der Waals surface area contributed by atoms with Gasteiger partial charge in [0.05, 0.1) is 21.3 Å². The monoisotopic (exact) mass is 569 g/mol. The molecule has 0 aliphatic carbocycles. The summed E-state index contributed by atoms with van der Waals surface area (Å²) in [4.78, 5) is 4.17. The molecule has 2 aromatic carbocycles. The van der Waals surface area contributed by atoms with Crippen LogP contribution in [0.5, 0.6) is 23.0 Å². The third-order valence-electron chi connectivity index (χ3n) is 4.27. The fraction of sp³-hybridized carbons (Fsp3) is 0.381. The fourth-order valence-electron chi connectivity index (χ4n) is 2.83. The van der Waals surface area contributed by atoms with Crippen LogP contribution in [0.15, 0.2) is 41.4 Å². The van der Waals surface area contributed by atoms with E-state index in [1.807, 2.05) is 12.1 Å². The van der Waals surface area contributed by atoms with E-state index in [1.165, 1.54) is 12.1 Å². The molecule has 7 nitrogen and oxygen atoms in total. The van der Waals surface area contributed by atoms with Gasteiger partial charge in [0, 0.05) is 20.1 Å². The number of benzene rings is 2. The summed E-state index contributed by atoms with van der Waals surface area (Å²) >= 11 is 0. The van der Waals surface area contributed by atoms with Crippen LogP contribution in [0.1, 0.15) is 11.1 Å². The summed E-state index contributed by atoms with van der Waals surface area (Å²) in [5, 5.41) is 6.35. The van der Waals surface area contributed by atoms with Gasteiger partial charge in [-0.3, -0.25) is 4.99 Å². The van der Waals surface area contributed by atoms with E-state index >= 15 is 0 Å². The lowest BCUT2D eigenvalue weighted by Crippen LogP contribution is -2.37. The van der Waals surface area contributed by atoms with Gasteiger partial charge in [-0.05, 0) is 41.8 Å². The number of nitrogens with zero attached hydrogens (tertiary/aromatic N) is 1. The molecule has 11 heteroatoms. The van der Waals surface area contributed by atoms with Crippen molar-refractivity contribution in [3.63, 3.8) is 0 Å². The van der Waals surface area contributed by atoms with Crippen LogP contribution < -0.4 is 29.6 Å². The Morgan fingerprint density at radius 1 is 0.906 bits per heavy atom. The summed E-state index contributed by atoms with van der Waals surface area (Å²) in [5.74, 6) is 1.96. The molecule has 0 spiro atoms. The quantitative estimate of drug-likeness (QED) is 0.269. The lowest BCUT2D eigenvalue weighted by molar-refractivity contribution is -0.274. The number of rotatable bonds is 9. The Kier molecular flexibility index (Phi) is 11.2. The third kappa shape index (κ3) is 8.52. The molecular weight excluding hydrogens is 542 g/mol. The second-order valence-corrected chi connectivity index (χ2v) is 6.33. The van der Waals surface area contributed by atoms with Gasteiger partial charge in [0.25, 0.3) is 0 Å². The molecule has 2 aromatic rings. The van der Waals surface area contributed by atoms with Gasteiger partial charge < -0.3 is 29.6 Å². The number of methoxy groups -OCH3 is 3. The number of guanidine groups is 1. The highest BCUT2D eigenvalue weighted by Gasteiger charge is 2.30. The van der Waals surface area contributed by atoms with E-state index in [4.69, 9.17) is 14.2 Å². The van der Waals surface area contributed by atoms with Crippen LogP contribution in [0, 0.1) is 0 Å². The summed E-state index contributed by atoms with van der Waals surface area (Å²) < 4.78 is 56.5. The van der Waals surface area contributed by atoms with Crippen molar-refractivity contribution >= 4 is 29.9 Å². The Bertz CT molecular complexity index is 853. The lowest BCUT2D eigenvalue weighted by atomic mass is 10.1. The van der Waals surface area contributed by atoms with Crippen LogP contribution in [-0.4, -0.2) is 47.2 Å². The van der Waals surface area contributed by atoms with E-state index in [1.54, 1.807) is 40.5 Å². The van der Waals surface area contributed by atoms with Gasteiger partial charge in [0.15, 0.2) is 17.5 Å². The van der Waals surface area contributed by atoms with Crippen molar-refractivity contribution in [3.05, 3.63) is 47.5 Å². The molecule has 0 aliphatic heterocycles. The Morgan fingerprint density at radius 2 is 1.50 bits per heavy atom. The maximum atomic E-state index is 12.2. The first kappa shape index (κ1) is 27.5. The minimum absolute atomic E-state index is 0.